The Morgan fingerprint density at radius 1 is 1.00 bits per heavy atom. The highest BCUT2D eigenvalue weighted by Gasteiger charge is 2.19. The van der Waals surface area contributed by atoms with Crippen molar-refractivity contribution >= 4 is 11.3 Å². The fourth-order valence-corrected chi connectivity index (χ4v) is 3.63. The van der Waals surface area contributed by atoms with Crippen LogP contribution in [0.4, 0.5) is 5.69 Å². The van der Waals surface area contributed by atoms with Crippen LogP contribution in [0.1, 0.15) is 16.8 Å². The molecular weight excluding hydrogens is 324 g/mol. The fourth-order valence-electron chi connectivity index (χ4n) is 3.63. The number of aryl methyl sites for hydroxylation is 2. The lowest BCUT2D eigenvalue weighted by atomic mass is 10.1. The molecule has 0 atom stereocenters. The van der Waals surface area contributed by atoms with Crippen LogP contribution in [-0.2, 0) is 6.54 Å². The monoisotopic (exact) mass is 348 g/mol. The molecule has 5 nitrogen and oxygen atoms in total. The van der Waals surface area contributed by atoms with E-state index in [4.69, 9.17) is 0 Å². The number of pyridine rings is 1. The van der Waals surface area contributed by atoms with Gasteiger partial charge in [0.15, 0.2) is 0 Å². The first-order chi connectivity index (χ1) is 12.6. The van der Waals surface area contributed by atoms with Crippen molar-refractivity contribution in [3.05, 3.63) is 75.8 Å². The van der Waals surface area contributed by atoms with E-state index < -0.39 is 0 Å². The van der Waals surface area contributed by atoms with Crippen molar-refractivity contribution < 1.29 is 0 Å². The Morgan fingerprint density at radius 3 is 2.54 bits per heavy atom. The van der Waals surface area contributed by atoms with Crippen LogP contribution in [0.15, 0.2) is 53.5 Å². The van der Waals surface area contributed by atoms with Crippen LogP contribution in [0.2, 0.25) is 0 Å². The Labute approximate surface area is 153 Å². The molecule has 1 aliphatic rings. The molecule has 5 heteroatoms. The molecular formula is C21H24N4O. The Balaban J connectivity index is 1.46. The molecule has 0 radical (unpaired) electrons. The van der Waals surface area contributed by atoms with Crippen molar-refractivity contribution in [2.45, 2.75) is 20.4 Å². The summed E-state index contributed by atoms with van der Waals surface area (Å²) in [6.07, 6.45) is 1.84. The van der Waals surface area contributed by atoms with Gasteiger partial charge in [-0.1, -0.05) is 24.3 Å². The second-order valence-electron chi connectivity index (χ2n) is 7.07. The number of para-hydroxylation sites is 1. The van der Waals surface area contributed by atoms with E-state index in [9.17, 15) is 4.79 Å². The molecule has 2 aromatic heterocycles. The number of aromatic nitrogens is 2. The number of anilines is 1. The molecule has 0 aliphatic carbocycles. The minimum atomic E-state index is -0.00718. The lowest BCUT2D eigenvalue weighted by Crippen LogP contribution is -2.46. The van der Waals surface area contributed by atoms with Gasteiger partial charge in [-0.25, -0.2) is 4.98 Å². The van der Waals surface area contributed by atoms with Crippen molar-refractivity contribution in [2.24, 2.45) is 0 Å². The minimum absolute atomic E-state index is 0.00718. The van der Waals surface area contributed by atoms with Crippen molar-refractivity contribution in [3.63, 3.8) is 0 Å². The number of fused-ring (bicyclic) bond motifs is 1. The summed E-state index contributed by atoms with van der Waals surface area (Å²) in [6, 6.07) is 14.1. The molecule has 0 N–H and O–H groups in total. The maximum atomic E-state index is 12.4. The third-order valence-corrected chi connectivity index (χ3v) is 5.07. The molecule has 0 saturated carbocycles. The van der Waals surface area contributed by atoms with Gasteiger partial charge in [0, 0.05) is 50.7 Å². The van der Waals surface area contributed by atoms with Gasteiger partial charge in [0.2, 0.25) is 0 Å². The van der Waals surface area contributed by atoms with Gasteiger partial charge in [-0.3, -0.25) is 14.1 Å². The number of benzene rings is 1. The van der Waals surface area contributed by atoms with Crippen LogP contribution in [0.25, 0.3) is 5.65 Å². The predicted molar refractivity (Wildman–Crippen MR) is 105 cm³/mol. The summed E-state index contributed by atoms with van der Waals surface area (Å²) in [5.74, 6) is 0. The van der Waals surface area contributed by atoms with Crippen LogP contribution >= 0.6 is 0 Å². The third-order valence-electron chi connectivity index (χ3n) is 5.07. The van der Waals surface area contributed by atoms with Gasteiger partial charge < -0.3 is 4.90 Å². The van der Waals surface area contributed by atoms with Crippen LogP contribution in [0.5, 0.6) is 0 Å². The number of hydrogen-bond donors (Lipinski definition) is 0. The summed E-state index contributed by atoms with van der Waals surface area (Å²) in [5, 5.41) is 0. The third kappa shape index (κ3) is 3.35. The van der Waals surface area contributed by atoms with Gasteiger partial charge in [-0.05, 0) is 37.1 Å². The second-order valence-corrected chi connectivity index (χ2v) is 7.07. The van der Waals surface area contributed by atoms with E-state index in [1.807, 2.05) is 25.3 Å². The van der Waals surface area contributed by atoms with Gasteiger partial charge in [0.25, 0.3) is 5.56 Å². The van der Waals surface area contributed by atoms with Crippen LogP contribution in [0, 0.1) is 13.8 Å². The van der Waals surface area contributed by atoms with E-state index >= 15 is 0 Å². The maximum absolute atomic E-state index is 12.4. The Bertz CT molecular complexity index is 987. The lowest BCUT2D eigenvalue weighted by Gasteiger charge is -2.36. The zero-order valence-electron chi connectivity index (χ0n) is 15.4. The standard InChI is InChI=1S/C21H24N4O/c1-16-7-8-20-22-18(13-21(26)25(20)14-16)15-23-9-11-24(12-10-23)19-6-4-3-5-17(19)2/h3-8,13-14H,9-12,15H2,1-2H3. The van der Waals surface area contributed by atoms with Crippen molar-refractivity contribution in [1.82, 2.24) is 14.3 Å². The molecule has 26 heavy (non-hydrogen) atoms. The number of nitrogens with zero attached hydrogens (tertiary/aromatic N) is 4. The van der Waals surface area contributed by atoms with E-state index in [1.165, 1.54) is 11.3 Å². The molecule has 0 amide bonds. The Hall–Kier alpha value is -2.66. The van der Waals surface area contributed by atoms with Gasteiger partial charge in [-0.15, -0.1) is 0 Å². The minimum Gasteiger partial charge on any atom is -0.369 e. The van der Waals surface area contributed by atoms with E-state index in [0.29, 0.717) is 0 Å². The molecule has 4 rings (SSSR count). The number of rotatable bonds is 3. The van der Waals surface area contributed by atoms with Crippen molar-refractivity contribution in [3.8, 4) is 0 Å². The summed E-state index contributed by atoms with van der Waals surface area (Å²) in [7, 11) is 0. The highest BCUT2D eigenvalue weighted by atomic mass is 16.1. The Morgan fingerprint density at radius 2 is 1.77 bits per heavy atom. The second kappa shape index (κ2) is 6.92. The predicted octanol–water partition coefficient (Wildman–Crippen LogP) is 2.63. The van der Waals surface area contributed by atoms with Crippen molar-refractivity contribution in [1.29, 1.82) is 0 Å². The summed E-state index contributed by atoms with van der Waals surface area (Å²) < 4.78 is 1.62. The zero-order chi connectivity index (χ0) is 18.1. The zero-order valence-corrected chi connectivity index (χ0v) is 15.4. The maximum Gasteiger partial charge on any atom is 0.258 e. The summed E-state index contributed by atoms with van der Waals surface area (Å²) in [5.41, 5.74) is 5.26. The fraction of sp³-hybridized carbons (Fsp3) is 0.333. The number of piperazine rings is 1. The lowest BCUT2D eigenvalue weighted by molar-refractivity contribution is 0.247. The van der Waals surface area contributed by atoms with Crippen molar-refractivity contribution in [2.75, 3.05) is 31.1 Å². The van der Waals surface area contributed by atoms with Gasteiger partial charge in [-0.2, -0.15) is 0 Å². The molecule has 3 heterocycles. The van der Waals surface area contributed by atoms with E-state index in [1.54, 1.807) is 10.5 Å². The average Bonchev–Trinajstić information content (AvgIpc) is 2.64. The Kier molecular flexibility index (Phi) is 4.47. The molecule has 1 fully saturated rings. The topological polar surface area (TPSA) is 40.9 Å². The highest BCUT2D eigenvalue weighted by Crippen LogP contribution is 2.21. The molecule has 1 aromatic carbocycles. The first-order valence-electron chi connectivity index (χ1n) is 9.12. The normalized spacial score (nSPS) is 15.5. The van der Waals surface area contributed by atoms with E-state index in [0.717, 1.165) is 49.6 Å². The SMILES string of the molecule is Cc1ccc2nc(CN3CCN(c4ccccc4C)CC3)cc(=O)n2c1. The van der Waals surface area contributed by atoms with Crippen LogP contribution < -0.4 is 10.5 Å². The molecule has 1 saturated heterocycles. The van der Waals surface area contributed by atoms with Gasteiger partial charge >= 0.3 is 0 Å². The first-order valence-corrected chi connectivity index (χ1v) is 9.12. The van der Waals surface area contributed by atoms with Gasteiger partial charge in [0.05, 0.1) is 5.69 Å². The summed E-state index contributed by atoms with van der Waals surface area (Å²) in [4.78, 5) is 21.9. The van der Waals surface area contributed by atoms with E-state index in [2.05, 4.69) is 46.0 Å². The summed E-state index contributed by atoms with van der Waals surface area (Å²) in [6.45, 7) is 8.81. The smallest absolute Gasteiger partial charge is 0.258 e. The van der Waals surface area contributed by atoms with E-state index in [-0.39, 0.29) is 5.56 Å². The molecule has 0 bridgehead atoms. The molecule has 0 unspecified atom stereocenters. The quantitative estimate of drug-likeness (QED) is 0.730. The first kappa shape index (κ1) is 16.8. The number of hydrogen-bond acceptors (Lipinski definition) is 4. The molecule has 0 spiro atoms. The van der Waals surface area contributed by atoms with Crippen LogP contribution in [0.3, 0.4) is 0 Å². The molecule has 3 aromatic rings. The molecule has 134 valence electrons. The largest absolute Gasteiger partial charge is 0.369 e. The van der Waals surface area contributed by atoms with Crippen LogP contribution in [-0.4, -0.2) is 40.5 Å². The average molecular weight is 348 g/mol. The summed E-state index contributed by atoms with van der Waals surface area (Å²) >= 11 is 0. The molecule has 1 aliphatic heterocycles. The highest BCUT2D eigenvalue weighted by molar-refractivity contribution is 5.53. The van der Waals surface area contributed by atoms with Gasteiger partial charge in [0.1, 0.15) is 5.65 Å².